The van der Waals surface area contributed by atoms with Gasteiger partial charge < -0.3 is 10.5 Å². The molecule has 1 aromatic carbocycles. The van der Waals surface area contributed by atoms with Crippen molar-refractivity contribution in [3.05, 3.63) is 29.8 Å². The Labute approximate surface area is 84.6 Å². The smallest absolute Gasteiger partial charge is 0.125 e. The van der Waals surface area contributed by atoms with Crippen LogP contribution in [0.1, 0.15) is 18.9 Å². The van der Waals surface area contributed by atoms with E-state index in [4.69, 9.17) is 10.5 Å². The number of hydrogen-bond donors (Lipinski definition) is 1. The van der Waals surface area contributed by atoms with Crippen LogP contribution in [0.3, 0.4) is 0 Å². The third-order valence-electron chi connectivity index (χ3n) is 1.84. The van der Waals surface area contributed by atoms with Crippen LogP contribution in [0, 0.1) is 0 Å². The van der Waals surface area contributed by atoms with Crippen LogP contribution < -0.4 is 10.5 Å². The molecule has 0 aliphatic rings. The third kappa shape index (κ3) is 2.76. The fourth-order valence-electron chi connectivity index (χ4n) is 1.09. The predicted octanol–water partition coefficient (Wildman–Crippen LogP) is 1.81. The standard InChI is InChI=1S/C11H16N2O/c1-3-7-14-10-6-4-5-9(8-10)11(12)13-2/h4-6,8H,3,7H2,1-2H3,(H2,12,13). The summed E-state index contributed by atoms with van der Waals surface area (Å²) in [5.74, 6) is 1.38. The largest absolute Gasteiger partial charge is 0.494 e. The number of rotatable bonds is 4. The molecule has 3 heteroatoms. The molecule has 0 aliphatic heterocycles. The summed E-state index contributed by atoms with van der Waals surface area (Å²) < 4.78 is 5.48. The first-order valence-corrected chi connectivity index (χ1v) is 4.73. The van der Waals surface area contributed by atoms with Crippen molar-refractivity contribution in [2.24, 2.45) is 10.7 Å². The highest BCUT2D eigenvalue weighted by Gasteiger charge is 1.99. The lowest BCUT2D eigenvalue weighted by atomic mass is 10.2. The molecular weight excluding hydrogens is 176 g/mol. The van der Waals surface area contributed by atoms with Gasteiger partial charge in [-0.15, -0.1) is 0 Å². The zero-order valence-electron chi connectivity index (χ0n) is 8.66. The lowest BCUT2D eigenvalue weighted by molar-refractivity contribution is 0.317. The van der Waals surface area contributed by atoms with Crippen LogP contribution in [-0.4, -0.2) is 19.5 Å². The van der Waals surface area contributed by atoms with Crippen LogP contribution in [0.2, 0.25) is 0 Å². The number of amidine groups is 1. The molecule has 0 unspecified atom stereocenters. The summed E-state index contributed by atoms with van der Waals surface area (Å²) in [6, 6.07) is 7.65. The molecule has 0 bridgehead atoms. The SMILES string of the molecule is CCCOc1cccc(C(N)=NC)c1. The van der Waals surface area contributed by atoms with E-state index in [9.17, 15) is 0 Å². The Bertz CT molecular complexity index is 321. The normalized spacial score (nSPS) is 11.4. The minimum Gasteiger partial charge on any atom is -0.494 e. The van der Waals surface area contributed by atoms with E-state index in [1.807, 2.05) is 24.3 Å². The Morgan fingerprint density at radius 2 is 2.29 bits per heavy atom. The summed E-state index contributed by atoms with van der Waals surface area (Å²) in [7, 11) is 1.68. The molecule has 0 atom stereocenters. The molecule has 0 amide bonds. The highest BCUT2D eigenvalue weighted by Crippen LogP contribution is 2.13. The summed E-state index contributed by atoms with van der Waals surface area (Å²) in [4.78, 5) is 3.92. The summed E-state index contributed by atoms with van der Waals surface area (Å²) in [6.45, 7) is 2.80. The number of ether oxygens (including phenoxy) is 1. The minimum atomic E-state index is 0.534. The van der Waals surface area contributed by atoms with Crippen LogP contribution in [0.25, 0.3) is 0 Å². The van der Waals surface area contributed by atoms with Gasteiger partial charge in [0.1, 0.15) is 11.6 Å². The van der Waals surface area contributed by atoms with Gasteiger partial charge >= 0.3 is 0 Å². The van der Waals surface area contributed by atoms with E-state index in [-0.39, 0.29) is 0 Å². The van der Waals surface area contributed by atoms with Gasteiger partial charge in [-0.2, -0.15) is 0 Å². The Morgan fingerprint density at radius 3 is 2.93 bits per heavy atom. The van der Waals surface area contributed by atoms with Gasteiger partial charge in [0.15, 0.2) is 0 Å². The van der Waals surface area contributed by atoms with Crippen LogP contribution in [0.15, 0.2) is 29.3 Å². The number of nitrogens with two attached hydrogens (primary N) is 1. The molecular formula is C11H16N2O. The molecule has 76 valence electrons. The van der Waals surface area contributed by atoms with Crippen LogP contribution >= 0.6 is 0 Å². The van der Waals surface area contributed by atoms with Crippen LogP contribution in [0.5, 0.6) is 5.75 Å². The van der Waals surface area contributed by atoms with E-state index in [1.165, 1.54) is 0 Å². The molecule has 0 spiro atoms. The Balaban J connectivity index is 2.79. The molecule has 0 radical (unpaired) electrons. The van der Waals surface area contributed by atoms with Gasteiger partial charge in [0, 0.05) is 12.6 Å². The predicted molar refractivity (Wildman–Crippen MR) is 58.9 cm³/mol. The molecule has 1 aromatic rings. The first-order valence-electron chi connectivity index (χ1n) is 4.73. The summed E-state index contributed by atoms with van der Waals surface area (Å²) >= 11 is 0. The van der Waals surface area contributed by atoms with Gasteiger partial charge in [0.05, 0.1) is 6.61 Å². The number of hydrogen-bond acceptors (Lipinski definition) is 2. The molecule has 2 N–H and O–H groups in total. The second kappa shape index (κ2) is 5.27. The molecule has 0 saturated carbocycles. The molecule has 0 aliphatic carbocycles. The van der Waals surface area contributed by atoms with E-state index in [2.05, 4.69) is 11.9 Å². The maximum absolute atomic E-state index is 5.69. The number of nitrogens with zero attached hydrogens (tertiary/aromatic N) is 1. The fourth-order valence-corrected chi connectivity index (χ4v) is 1.09. The molecule has 14 heavy (non-hydrogen) atoms. The molecule has 0 fully saturated rings. The summed E-state index contributed by atoms with van der Waals surface area (Å²) in [5.41, 5.74) is 6.59. The van der Waals surface area contributed by atoms with Crippen molar-refractivity contribution in [2.45, 2.75) is 13.3 Å². The number of benzene rings is 1. The second-order valence-electron chi connectivity index (χ2n) is 2.99. The molecule has 0 aromatic heterocycles. The molecule has 3 nitrogen and oxygen atoms in total. The van der Waals surface area contributed by atoms with Crippen molar-refractivity contribution in [1.82, 2.24) is 0 Å². The van der Waals surface area contributed by atoms with Gasteiger partial charge in [-0.25, -0.2) is 0 Å². The molecule has 0 heterocycles. The highest BCUT2D eigenvalue weighted by atomic mass is 16.5. The van der Waals surface area contributed by atoms with Gasteiger partial charge in [-0.3, -0.25) is 4.99 Å². The van der Waals surface area contributed by atoms with Gasteiger partial charge in [0.2, 0.25) is 0 Å². The summed E-state index contributed by atoms with van der Waals surface area (Å²) in [6.07, 6.45) is 1.00. The zero-order valence-corrected chi connectivity index (χ0v) is 8.66. The average Bonchev–Trinajstić information content (AvgIpc) is 2.25. The first-order chi connectivity index (χ1) is 6.77. The van der Waals surface area contributed by atoms with E-state index in [0.717, 1.165) is 24.3 Å². The Kier molecular flexibility index (Phi) is 3.98. The second-order valence-corrected chi connectivity index (χ2v) is 2.99. The Hall–Kier alpha value is -1.51. The highest BCUT2D eigenvalue weighted by molar-refractivity contribution is 5.97. The average molecular weight is 192 g/mol. The van der Waals surface area contributed by atoms with Crippen molar-refractivity contribution >= 4 is 5.84 Å². The van der Waals surface area contributed by atoms with Crippen molar-refractivity contribution in [2.75, 3.05) is 13.7 Å². The lowest BCUT2D eigenvalue weighted by Gasteiger charge is -2.06. The quantitative estimate of drug-likeness (QED) is 0.584. The van der Waals surface area contributed by atoms with Crippen molar-refractivity contribution in [1.29, 1.82) is 0 Å². The fraction of sp³-hybridized carbons (Fsp3) is 0.364. The Morgan fingerprint density at radius 1 is 1.50 bits per heavy atom. The minimum absolute atomic E-state index is 0.534. The third-order valence-corrected chi connectivity index (χ3v) is 1.84. The van der Waals surface area contributed by atoms with E-state index in [1.54, 1.807) is 7.05 Å². The van der Waals surface area contributed by atoms with E-state index < -0.39 is 0 Å². The van der Waals surface area contributed by atoms with E-state index >= 15 is 0 Å². The number of aliphatic imine (C=N–C) groups is 1. The van der Waals surface area contributed by atoms with Crippen LogP contribution in [0.4, 0.5) is 0 Å². The van der Waals surface area contributed by atoms with Gasteiger partial charge in [0.25, 0.3) is 0 Å². The van der Waals surface area contributed by atoms with E-state index in [0.29, 0.717) is 5.84 Å². The van der Waals surface area contributed by atoms with Gasteiger partial charge in [-0.05, 0) is 18.6 Å². The lowest BCUT2D eigenvalue weighted by Crippen LogP contribution is -2.12. The summed E-state index contributed by atoms with van der Waals surface area (Å²) in [5, 5.41) is 0. The zero-order chi connectivity index (χ0) is 10.4. The van der Waals surface area contributed by atoms with Gasteiger partial charge in [-0.1, -0.05) is 19.1 Å². The molecule has 1 rings (SSSR count). The topological polar surface area (TPSA) is 47.6 Å². The molecule has 0 saturated heterocycles. The maximum Gasteiger partial charge on any atom is 0.125 e. The van der Waals surface area contributed by atoms with Crippen LogP contribution in [-0.2, 0) is 0 Å². The monoisotopic (exact) mass is 192 g/mol. The van der Waals surface area contributed by atoms with Crippen molar-refractivity contribution in [3.63, 3.8) is 0 Å². The first kappa shape index (κ1) is 10.6. The maximum atomic E-state index is 5.69. The van der Waals surface area contributed by atoms with Crippen molar-refractivity contribution in [3.8, 4) is 5.75 Å². The van der Waals surface area contributed by atoms with Crippen molar-refractivity contribution < 1.29 is 4.74 Å².